The Hall–Kier alpha value is -1.52. The Kier molecular flexibility index (Phi) is 3.56. The molecule has 5 heteroatoms. The first-order valence-corrected chi connectivity index (χ1v) is 6.19. The first-order chi connectivity index (χ1) is 8.85. The van der Waals surface area contributed by atoms with Crippen LogP contribution in [0.5, 0.6) is 0 Å². The van der Waals surface area contributed by atoms with Gasteiger partial charge in [-0.25, -0.2) is 13.2 Å². The highest BCUT2D eigenvalue weighted by molar-refractivity contribution is 5.69. The summed E-state index contributed by atoms with van der Waals surface area (Å²) in [4.78, 5) is 11.0. The summed E-state index contributed by atoms with van der Waals surface area (Å²) in [5.74, 6) is -4.38. The zero-order valence-electron chi connectivity index (χ0n) is 10.3. The predicted octanol–water partition coefficient (Wildman–Crippen LogP) is 3.75. The lowest BCUT2D eigenvalue weighted by atomic mass is 9.66. The van der Waals surface area contributed by atoms with Crippen molar-refractivity contribution in [1.29, 1.82) is 0 Å². The van der Waals surface area contributed by atoms with E-state index in [-0.39, 0.29) is 24.8 Å². The molecule has 0 heterocycles. The molecular formula is C14H15F3O2. The second kappa shape index (κ2) is 4.87. The molecule has 0 spiro atoms. The predicted molar refractivity (Wildman–Crippen MR) is 63.7 cm³/mol. The molecule has 0 unspecified atom stereocenters. The van der Waals surface area contributed by atoms with Crippen molar-refractivity contribution in [2.45, 2.75) is 43.4 Å². The molecule has 1 aromatic rings. The highest BCUT2D eigenvalue weighted by atomic mass is 19.3. The maximum absolute atomic E-state index is 13.9. The van der Waals surface area contributed by atoms with Crippen LogP contribution < -0.4 is 0 Å². The lowest BCUT2D eigenvalue weighted by molar-refractivity contribution is -0.140. The van der Waals surface area contributed by atoms with Crippen LogP contribution in [0.4, 0.5) is 13.2 Å². The van der Waals surface area contributed by atoms with Crippen molar-refractivity contribution in [3.63, 3.8) is 0 Å². The Balaban J connectivity index is 2.37. The quantitative estimate of drug-likeness (QED) is 0.910. The van der Waals surface area contributed by atoms with Gasteiger partial charge in [0.25, 0.3) is 0 Å². The third kappa shape index (κ3) is 2.91. The molecular weight excluding hydrogens is 257 g/mol. The Labute approximate surface area is 109 Å². The van der Waals surface area contributed by atoms with E-state index in [0.717, 1.165) is 0 Å². The molecule has 1 aliphatic carbocycles. The van der Waals surface area contributed by atoms with Gasteiger partial charge >= 0.3 is 5.97 Å². The second-order valence-electron chi connectivity index (χ2n) is 5.19. The zero-order chi connectivity index (χ0) is 14.1. The summed E-state index contributed by atoms with van der Waals surface area (Å²) >= 11 is 0. The number of aliphatic carboxylic acids is 1. The van der Waals surface area contributed by atoms with Crippen LogP contribution in [0.25, 0.3) is 0 Å². The van der Waals surface area contributed by atoms with Crippen molar-refractivity contribution in [3.8, 4) is 0 Å². The van der Waals surface area contributed by atoms with E-state index in [0.29, 0.717) is 0 Å². The number of carboxylic acid groups (broad SMARTS) is 1. The molecule has 0 radical (unpaired) electrons. The van der Waals surface area contributed by atoms with Crippen molar-refractivity contribution in [2.75, 3.05) is 0 Å². The molecule has 104 valence electrons. The third-order valence-corrected chi connectivity index (χ3v) is 3.87. The zero-order valence-corrected chi connectivity index (χ0v) is 10.3. The van der Waals surface area contributed by atoms with E-state index in [1.165, 1.54) is 18.2 Å². The van der Waals surface area contributed by atoms with Gasteiger partial charge in [0.15, 0.2) is 0 Å². The number of alkyl halides is 2. The van der Waals surface area contributed by atoms with Gasteiger partial charge in [0.1, 0.15) is 5.82 Å². The van der Waals surface area contributed by atoms with Crippen molar-refractivity contribution in [1.82, 2.24) is 0 Å². The fraction of sp³-hybridized carbons (Fsp3) is 0.500. The summed E-state index contributed by atoms with van der Waals surface area (Å²) in [6.07, 6.45) is -1.12. The molecule has 0 atom stereocenters. The van der Waals surface area contributed by atoms with Crippen LogP contribution in [0.3, 0.4) is 0 Å². The molecule has 1 saturated carbocycles. The molecule has 19 heavy (non-hydrogen) atoms. The minimum absolute atomic E-state index is 0.00671. The molecule has 0 amide bonds. The summed E-state index contributed by atoms with van der Waals surface area (Å²) in [5.41, 5.74) is -0.772. The summed E-state index contributed by atoms with van der Waals surface area (Å²) in [6.45, 7) is 0. The number of rotatable bonds is 3. The average molecular weight is 272 g/mol. The van der Waals surface area contributed by atoms with Gasteiger partial charge in [-0.1, -0.05) is 18.2 Å². The monoisotopic (exact) mass is 272 g/mol. The van der Waals surface area contributed by atoms with Crippen molar-refractivity contribution >= 4 is 5.97 Å². The summed E-state index contributed by atoms with van der Waals surface area (Å²) < 4.78 is 40.4. The number of hydrogen-bond donors (Lipinski definition) is 1. The van der Waals surface area contributed by atoms with E-state index < -0.39 is 36.0 Å². The van der Waals surface area contributed by atoms with Gasteiger partial charge in [-0.15, -0.1) is 0 Å². The minimum Gasteiger partial charge on any atom is -0.481 e. The molecule has 2 rings (SSSR count). The Morgan fingerprint density at radius 2 is 1.74 bits per heavy atom. The first kappa shape index (κ1) is 13.9. The van der Waals surface area contributed by atoms with E-state index in [1.807, 2.05) is 0 Å². The van der Waals surface area contributed by atoms with E-state index in [4.69, 9.17) is 5.11 Å². The van der Waals surface area contributed by atoms with Crippen LogP contribution >= 0.6 is 0 Å². The number of halogens is 3. The van der Waals surface area contributed by atoms with Gasteiger partial charge in [-0.05, 0) is 24.5 Å². The van der Waals surface area contributed by atoms with E-state index in [2.05, 4.69) is 0 Å². The Morgan fingerprint density at radius 1 is 1.16 bits per heavy atom. The van der Waals surface area contributed by atoms with Crippen LogP contribution in [-0.2, 0) is 10.2 Å². The van der Waals surface area contributed by atoms with Gasteiger partial charge in [0, 0.05) is 18.3 Å². The molecule has 0 bridgehead atoms. The summed E-state index contributed by atoms with van der Waals surface area (Å²) in [6, 6.07) is 5.85. The van der Waals surface area contributed by atoms with E-state index >= 15 is 0 Å². The van der Waals surface area contributed by atoms with Crippen LogP contribution in [0.15, 0.2) is 24.3 Å². The largest absolute Gasteiger partial charge is 0.481 e. The van der Waals surface area contributed by atoms with Gasteiger partial charge in [-0.3, -0.25) is 4.79 Å². The Morgan fingerprint density at radius 3 is 2.26 bits per heavy atom. The molecule has 1 aliphatic rings. The van der Waals surface area contributed by atoms with Crippen molar-refractivity contribution in [3.05, 3.63) is 35.6 Å². The number of carbonyl (C=O) groups is 1. The highest BCUT2D eigenvalue weighted by Crippen LogP contribution is 2.48. The van der Waals surface area contributed by atoms with Crippen molar-refractivity contribution < 1.29 is 23.1 Å². The molecule has 1 fully saturated rings. The fourth-order valence-electron chi connectivity index (χ4n) is 2.82. The number of benzene rings is 1. The lowest BCUT2D eigenvalue weighted by Crippen LogP contribution is -2.39. The summed E-state index contributed by atoms with van der Waals surface area (Å²) in [7, 11) is 0. The van der Waals surface area contributed by atoms with Gasteiger partial charge in [0.2, 0.25) is 5.92 Å². The normalized spacial score (nSPS) is 21.0. The smallest absolute Gasteiger partial charge is 0.304 e. The summed E-state index contributed by atoms with van der Waals surface area (Å²) in [5, 5.41) is 9.00. The number of carboxylic acids is 1. The van der Waals surface area contributed by atoms with Gasteiger partial charge < -0.3 is 5.11 Å². The van der Waals surface area contributed by atoms with Crippen LogP contribution in [0.2, 0.25) is 0 Å². The van der Waals surface area contributed by atoms with Crippen LogP contribution in [0, 0.1) is 5.82 Å². The van der Waals surface area contributed by atoms with Crippen LogP contribution in [-0.4, -0.2) is 17.0 Å². The maximum Gasteiger partial charge on any atom is 0.304 e. The molecule has 0 aromatic heterocycles. The molecule has 1 aromatic carbocycles. The van der Waals surface area contributed by atoms with Gasteiger partial charge in [-0.2, -0.15) is 0 Å². The first-order valence-electron chi connectivity index (χ1n) is 6.19. The topological polar surface area (TPSA) is 37.3 Å². The Bertz CT molecular complexity index is 475. The second-order valence-corrected chi connectivity index (χ2v) is 5.19. The molecule has 1 N–H and O–H groups in total. The molecule has 0 saturated heterocycles. The average Bonchev–Trinajstić information content (AvgIpc) is 2.32. The number of hydrogen-bond acceptors (Lipinski definition) is 1. The SMILES string of the molecule is O=C(O)CC1(c2ccccc2F)CCC(F)(F)CC1. The van der Waals surface area contributed by atoms with E-state index in [9.17, 15) is 18.0 Å². The standard InChI is InChI=1S/C14H15F3O2/c15-11-4-2-1-3-10(11)13(9-12(18)19)5-7-14(16,17)8-6-13/h1-4H,5-9H2,(H,18,19). The molecule has 2 nitrogen and oxygen atoms in total. The van der Waals surface area contributed by atoms with Crippen molar-refractivity contribution in [2.24, 2.45) is 0 Å². The molecule has 0 aliphatic heterocycles. The van der Waals surface area contributed by atoms with E-state index in [1.54, 1.807) is 6.07 Å². The van der Waals surface area contributed by atoms with Gasteiger partial charge in [0.05, 0.1) is 6.42 Å². The van der Waals surface area contributed by atoms with Crippen LogP contribution in [0.1, 0.15) is 37.7 Å². The highest BCUT2D eigenvalue weighted by Gasteiger charge is 2.46. The third-order valence-electron chi connectivity index (χ3n) is 3.87. The fourth-order valence-corrected chi connectivity index (χ4v) is 2.82. The maximum atomic E-state index is 13.9. The lowest BCUT2D eigenvalue weighted by Gasteiger charge is -2.39. The minimum atomic E-state index is -2.77.